The Hall–Kier alpha value is -5.62. The molecule has 1 saturated heterocycles. The Morgan fingerprint density at radius 1 is 0.848 bits per heavy atom. The number of piperazine rings is 1. The van der Waals surface area contributed by atoms with Crippen molar-refractivity contribution in [3.05, 3.63) is 114 Å². The number of ether oxygens (including phenoxy) is 1. The van der Waals surface area contributed by atoms with Crippen molar-refractivity contribution in [3.8, 4) is 23.0 Å². The number of carbonyl (C=O) groups is 2. The molecule has 2 amide bonds. The highest BCUT2D eigenvalue weighted by Crippen LogP contribution is 2.23. The van der Waals surface area contributed by atoms with Gasteiger partial charge in [-0.25, -0.2) is 14.8 Å². The van der Waals surface area contributed by atoms with Crippen LogP contribution in [0.2, 0.25) is 0 Å². The molecule has 46 heavy (non-hydrogen) atoms. The molecule has 0 aliphatic carbocycles. The van der Waals surface area contributed by atoms with Crippen molar-refractivity contribution in [1.29, 1.82) is 0 Å². The molecule has 3 aromatic heterocycles. The van der Waals surface area contributed by atoms with E-state index in [-0.39, 0.29) is 12.0 Å². The molecule has 0 saturated carbocycles. The molecule has 4 heterocycles. The smallest absolute Gasteiger partial charge is 0.410 e. The highest BCUT2D eigenvalue weighted by Gasteiger charge is 2.28. The van der Waals surface area contributed by atoms with Crippen LogP contribution in [0.4, 0.5) is 16.3 Å². The minimum atomic E-state index is -0.548. The number of anilines is 2. The molecule has 0 atom stereocenters. The number of aryl methyl sites for hydroxylation is 1. The summed E-state index contributed by atoms with van der Waals surface area (Å²) in [6.45, 7) is 9.41. The molecule has 0 unspecified atom stereocenters. The van der Waals surface area contributed by atoms with E-state index in [4.69, 9.17) is 4.74 Å². The number of pyridine rings is 2. The Morgan fingerprint density at radius 2 is 1.57 bits per heavy atom. The Bertz CT molecular complexity index is 1960. The lowest BCUT2D eigenvalue weighted by Crippen LogP contribution is -2.51. The lowest BCUT2D eigenvalue weighted by Gasteiger charge is -2.35. The van der Waals surface area contributed by atoms with Gasteiger partial charge in [-0.1, -0.05) is 36.3 Å². The fourth-order valence-electron chi connectivity index (χ4n) is 5.21. The van der Waals surface area contributed by atoms with Crippen LogP contribution in [0, 0.1) is 18.8 Å². The first kappa shape index (κ1) is 30.4. The van der Waals surface area contributed by atoms with Crippen LogP contribution in [-0.4, -0.2) is 67.9 Å². The van der Waals surface area contributed by atoms with E-state index in [9.17, 15) is 9.59 Å². The minimum Gasteiger partial charge on any atom is -0.444 e. The third-order valence-corrected chi connectivity index (χ3v) is 7.69. The summed E-state index contributed by atoms with van der Waals surface area (Å²) in [4.78, 5) is 38.0. The number of carbonyl (C=O) groups excluding carboxylic acids is 2. The van der Waals surface area contributed by atoms with Crippen LogP contribution in [0.1, 0.15) is 48.0 Å². The number of amides is 2. The highest BCUT2D eigenvalue weighted by atomic mass is 16.6. The fraction of sp³-hybridized carbons (Fsp3) is 0.243. The normalized spacial score (nSPS) is 13.2. The van der Waals surface area contributed by atoms with Gasteiger partial charge in [-0.15, -0.1) is 0 Å². The third kappa shape index (κ3) is 7.02. The maximum Gasteiger partial charge on any atom is 0.410 e. The minimum absolute atomic E-state index is 0.0496. The maximum absolute atomic E-state index is 13.2. The number of nitrogens with zero attached hydrogens (tertiary/aromatic N) is 5. The summed E-state index contributed by atoms with van der Waals surface area (Å²) in [5.41, 5.74) is 6.55. The van der Waals surface area contributed by atoms with E-state index in [2.05, 4.69) is 40.1 Å². The molecule has 0 radical (unpaired) electrons. The monoisotopic (exact) mass is 612 g/mol. The van der Waals surface area contributed by atoms with Gasteiger partial charge in [0, 0.05) is 55.4 Å². The number of imidazole rings is 1. The number of hydrogen-bond acceptors (Lipinski definition) is 6. The molecule has 2 aromatic carbocycles. The van der Waals surface area contributed by atoms with Gasteiger partial charge in [0.1, 0.15) is 22.8 Å². The quantitative estimate of drug-likeness (QED) is 0.232. The van der Waals surface area contributed by atoms with Gasteiger partial charge in [-0.05, 0) is 92.8 Å². The highest BCUT2D eigenvalue weighted by molar-refractivity contribution is 5.95. The molecular weight excluding hydrogens is 576 g/mol. The lowest BCUT2D eigenvalue weighted by molar-refractivity contribution is 0.0141. The van der Waals surface area contributed by atoms with Crippen molar-refractivity contribution in [1.82, 2.24) is 24.2 Å². The van der Waals surface area contributed by atoms with Crippen molar-refractivity contribution in [2.75, 3.05) is 31.5 Å². The second-order valence-electron chi connectivity index (χ2n) is 12.2. The molecule has 1 aliphatic rings. The molecule has 0 spiro atoms. The fourth-order valence-corrected chi connectivity index (χ4v) is 5.21. The first-order chi connectivity index (χ1) is 22.1. The zero-order valence-corrected chi connectivity index (χ0v) is 26.4. The molecule has 9 heteroatoms. The van der Waals surface area contributed by atoms with Crippen molar-refractivity contribution < 1.29 is 14.3 Å². The first-order valence-corrected chi connectivity index (χ1v) is 15.3. The van der Waals surface area contributed by atoms with E-state index in [0.717, 1.165) is 45.1 Å². The summed E-state index contributed by atoms with van der Waals surface area (Å²) in [5.74, 6) is 7.18. The number of fused-ring (bicyclic) bond motifs is 1. The number of rotatable bonds is 4. The van der Waals surface area contributed by atoms with Crippen LogP contribution in [0.25, 0.3) is 16.8 Å². The van der Waals surface area contributed by atoms with Crippen LogP contribution in [0.15, 0.2) is 91.4 Å². The topological polar surface area (TPSA) is 92.1 Å². The van der Waals surface area contributed by atoms with E-state index >= 15 is 0 Å². The van der Waals surface area contributed by atoms with Gasteiger partial charge in [-0.3, -0.25) is 9.20 Å². The average Bonchev–Trinajstić information content (AvgIpc) is 3.46. The zero-order valence-electron chi connectivity index (χ0n) is 26.4. The van der Waals surface area contributed by atoms with E-state index in [1.165, 1.54) is 0 Å². The summed E-state index contributed by atoms with van der Waals surface area (Å²) in [7, 11) is 0. The first-order valence-electron chi connectivity index (χ1n) is 15.3. The van der Waals surface area contributed by atoms with Crippen LogP contribution >= 0.6 is 0 Å². The van der Waals surface area contributed by atoms with E-state index in [1.54, 1.807) is 22.2 Å². The molecule has 1 fully saturated rings. The van der Waals surface area contributed by atoms with Gasteiger partial charge < -0.3 is 19.9 Å². The van der Waals surface area contributed by atoms with Gasteiger partial charge in [-0.2, -0.15) is 0 Å². The summed E-state index contributed by atoms with van der Waals surface area (Å²) in [5, 5.41) is 3.36. The lowest BCUT2D eigenvalue weighted by atomic mass is 10.0. The van der Waals surface area contributed by atoms with Gasteiger partial charge >= 0.3 is 6.09 Å². The Balaban J connectivity index is 1.13. The van der Waals surface area contributed by atoms with Crippen LogP contribution < -0.4 is 5.32 Å². The molecule has 1 aliphatic heterocycles. The predicted octanol–water partition coefficient (Wildman–Crippen LogP) is 6.54. The van der Waals surface area contributed by atoms with Gasteiger partial charge in [0.2, 0.25) is 0 Å². The van der Waals surface area contributed by atoms with Crippen LogP contribution in [0.5, 0.6) is 0 Å². The number of benzene rings is 2. The molecule has 1 N–H and O–H groups in total. The van der Waals surface area contributed by atoms with Crippen LogP contribution in [-0.2, 0) is 4.74 Å². The van der Waals surface area contributed by atoms with E-state index in [1.807, 2.05) is 98.1 Å². The van der Waals surface area contributed by atoms with Crippen molar-refractivity contribution in [2.45, 2.75) is 33.3 Å². The summed E-state index contributed by atoms with van der Waals surface area (Å²) in [6.07, 6.45) is 5.18. The molecular formula is C37H36N6O3. The van der Waals surface area contributed by atoms with E-state index in [0.29, 0.717) is 31.7 Å². The molecule has 5 aromatic rings. The summed E-state index contributed by atoms with van der Waals surface area (Å²) >= 11 is 0. The predicted molar refractivity (Wildman–Crippen MR) is 179 cm³/mol. The third-order valence-electron chi connectivity index (χ3n) is 7.69. The maximum atomic E-state index is 13.2. The molecule has 232 valence electrons. The Morgan fingerprint density at radius 3 is 2.30 bits per heavy atom. The van der Waals surface area contributed by atoms with E-state index < -0.39 is 5.60 Å². The van der Waals surface area contributed by atoms with Crippen molar-refractivity contribution >= 4 is 29.2 Å². The number of aromatic nitrogens is 3. The van der Waals surface area contributed by atoms with Gasteiger partial charge in [0.15, 0.2) is 0 Å². The summed E-state index contributed by atoms with van der Waals surface area (Å²) < 4.78 is 7.44. The Kier molecular flexibility index (Phi) is 8.45. The Labute approximate surface area is 268 Å². The number of para-hydroxylation sites is 1. The largest absolute Gasteiger partial charge is 0.444 e. The van der Waals surface area contributed by atoms with Crippen molar-refractivity contribution in [3.63, 3.8) is 0 Å². The number of nitrogens with one attached hydrogen (secondary N) is 1. The zero-order chi connectivity index (χ0) is 32.3. The molecule has 6 rings (SSSR count). The second-order valence-corrected chi connectivity index (χ2v) is 12.2. The number of hydrogen-bond donors (Lipinski definition) is 1. The average molecular weight is 613 g/mol. The molecule has 9 nitrogen and oxygen atoms in total. The summed E-state index contributed by atoms with van der Waals surface area (Å²) in [6, 6.07) is 23.5. The second kappa shape index (κ2) is 12.8. The van der Waals surface area contributed by atoms with Crippen molar-refractivity contribution in [2.24, 2.45) is 0 Å². The standard InChI is InChI=1S/C37H36N6O3/c1-26-7-5-6-8-32(26)40-33-23-27(17-18-38-33)9-15-31-24-39-34-16-14-30(25-43(31)34)28-10-12-29(13-11-28)35(44)41-19-21-42(22-20-41)36(45)46-37(2,3)4/h5-8,10-14,16-18,23-25H,19-22H2,1-4H3,(H,38,40). The van der Waals surface area contributed by atoms with Gasteiger partial charge in [0.05, 0.1) is 6.20 Å². The molecule has 0 bridgehead atoms. The SMILES string of the molecule is Cc1ccccc1Nc1cc(C#Cc2cnc3ccc(-c4ccc(C(=O)N5CCN(C(=O)OC(C)(C)C)CC5)cc4)cn23)ccn1. The van der Waals surface area contributed by atoms with Gasteiger partial charge in [0.25, 0.3) is 5.91 Å². The van der Waals surface area contributed by atoms with Crippen LogP contribution in [0.3, 0.4) is 0 Å².